The summed E-state index contributed by atoms with van der Waals surface area (Å²) in [6, 6.07) is 5.97. The number of anilines is 1. The minimum atomic E-state index is -3.98. The zero-order valence-corrected chi connectivity index (χ0v) is 19.0. The number of fused-ring (bicyclic) bond motifs is 1. The Kier molecular flexibility index (Phi) is 6.78. The van der Waals surface area contributed by atoms with Crippen molar-refractivity contribution in [2.75, 3.05) is 37.2 Å². The normalized spacial score (nSPS) is 12.2. The predicted molar refractivity (Wildman–Crippen MR) is 123 cm³/mol. The molecule has 1 atom stereocenters. The van der Waals surface area contributed by atoms with Gasteiger partial charge in [-0.2, -0.15) is 4.68 Å². The van der Waals surface area contributed by atoms with Gasteiger partial charge >= 0.3 is 5.69 Å². The van der Waals surface area contributed by atoms with Gasteiger partial charge in [0.25, 0.3) is 11.2 Å². The van der Waals surface area contributed by atoms with E-state index in [2.05, 4.69) is 10.3 Å². The van der Waals surface area contributed by atoms with E-state index in [1.54, 1.807) is 23.0 Å². The fourth-order valence-corrected chi connectivity index (χ4v) is 3.76. The van der Waals surface area contributed by atoms with Crippen LogP contribution in [0.2, 0.25) is 0 Å². The first kappa shape index (κ1) is 24.5. The van der Waals surface area contributed by atoms with Crippen molar-refractivity contribution in [1.82, 2.24) is 9.66 Å². The molecule has 0 fully saturated rings. The number of hydrogen-bond acceptors (Lipinski definition) is 10. The Labute approximate surface area is 191 Å². The molecular weight excluding hydrogens is 474 g/mol. The Balaban J connectivity index is 2.16. The lowest BCUT2D eigenvalue weighted by Gasteiger charge is -2.20. The molecule has 1 heterocycles. The quantitative estimate of drug-likeness (QED) is 0.236. The first-order chi connectivity index (χ1) is 16.0. The van der Waals surface area contributed by atoms with E-state index < -0.39 is 44.5 Å². The molecule has 0 aliphatic rings. The van der Waals surface area contributed by atoms with Crippen molar-refractivity contribution < 1.29 is 27.9 Å². The van der Waals surface area contributed by atoms with Crippen LogP contribution >= 0.6 is 0 Å². The number of H-pyrrole nitrogens is 1. The number of rotatable bonds is 9. The zero-order valence-electron chi connectivity index (χ0n) is 18.2. The summed E-state index contributed by atoms with van der Waals surface area (Å²) < 4.78 is 33.7. The predicted octanol–water partition coefficient (Wildman–Crippen LogP) is 0.264. The van der Waals surface area contributed by atoms with Crippen LogP contribution in [0.5, 0.6) is 11.5 Å². The molecule has 15 heteroatoms. The van der Waals surface area contributed by atoms with Crippen LogP contribution in [0.4, 0.5) is 11.4 Å². The van der Waals surface area contributed by atoms with E-state index in [9.17, 15) is 33.2 Å². The van der Waals surface area contributed by atoms with E-state index in [4.69, 9.17) is 9.47 Å². The van der Waals surface area contributed by atoms with Gasteiger partial charge in [0.05, 0.1) is 49.0 Å². The number of nitrogens with one attached hydrogen (secondary N) is 3. The number of nitrogens with zero attached hydrogens (tertiary/aromatic N) is 2. The Hall–Kier alpha value is -4.11. The summed E-state index contributed by atoms with van der Waals surface area (Å²) >= 11 is 0. The summed E-state index contributed by atoms with van der Waals surface area (Å²) in [5.41, 5.74) is -2.50. The van der Waals surface area contributed by atoms with Gasteiger partial charge in [0.1, 0.15) is 5.69 Å². The number of aliphatic hydroxyl groups is 1. The minimum absolute atomic E-state index is 0.151. The number of sulfonamides is 1. The van der Waals surface area contributed by atoms with E-state index in [-0.39, 0.29) is 21.3 Å². The molecule has 14 nitrogen and oxygen atoms in total. The molecule has 0 saturated carbocycles. The van der Waals surface area contributed by atoms with Gasteiger partial charge in [0.2, 0.25) is 10.0 Å². The molecule has 1 aromatic heterocycles. The minimum Gasteiger partial charge on any atom is -0.493 e. The van der Waals surface area contributed by atoms with Crippen LogP contribution in [0.1, 0.15) is 11.6 Å². The second-order valence-electron chi connectivity index (χ2n) is 7.10. The number of aromatic amines is 1. The lowest BCUT2D eigenvalue weighted by atomic mass is 10.1. The monoisotopic (exact) mass is 495 g/mol. The second-order valence-corrected chi connectivity index (χ2v) is 8.83. The van der Waals surface area contributed by atoms with Crippen molar-refractivity contribution in [3.63, 3.8) is 0 Å². The summed E-state index contributed by atoms with van der Waals surface area (Å²) in [4.78, 5) is 39.9. The van der Waals surface area contributed by atoms with Gasteiger partial charge in [-0.25, -0.2) is 18.0 Å². The number of ether oxygens (including phenoxy) is 2. The van der Waals surface area contributed by atoms with Gasteiger partial charge in [-0.15, -0.1) is 0 Å². The van der Waals surface area contributed by atoms with Crippen molar-refractivity contribution in [2.45, 2.75) is 6.04 Å². The fourth-order valence-electron chi connectivity index (χ4n) is 3.26. The maximum absolute atomic E-state index is 12.8. The molecule has 2 aromatic carbocycles. The smallest absolute Gasteiger partial charge is 0.348 e. The van der Waals surface area contributed by atoms with Crippen molar-refractivity contribution in [1.29, 1.82) is 0 Å². The first-order valence-electron chi connectivity index (χ1n) is 9.53. The molecular formula is C19H21N5O9S. The van der Waals surface area contributed by atoms with Crippen LogP contribution in [-0.2, 0) is 10.0 Å². The van der Waals surface area contributed by atoms with Crippen molar-refractivity contribution in [3.8, 4) is 11.5 Å². The molecule has 3 aromatic rings. The lowest BCUT2D eigenvalue weighted by molar-refractivity contribution is -0.383. The molecule has 0 aliphatic heterocycles. The van der Waals surface area contributed by atoms with E-state index in [1.165, 1.54) is 14.2 Å². The van der Waals surface area contributed by atoms with Gasteiger partial charge in [0, 0.05) is 6.07 Å². The highest BCUT2D eigenvalue weighted by Crippen LogP contribution is 2.34. The number of nitro benzene ring substituents is 1. The molecule has 0 spiro atoms. The molecule has 0 saturated heterocycles. The first-order valence-corrected chi connectivity index (χ1v) is 11.4. The van der Waals surface area contributed by atoms with Gasteiger partial charge in [-0.1, -0.05) is 6.07 Å². The maximum Gasteiger partial charge on any atom is 0.348 e. The standard InChI is InChI=1S/C19H21N5O9S/c1-32-16-5-4-10(6-17(16)33-2)14(9-25)20-13-7-11-12(8-15(13)24(28)29)21-19(27)23(18(11)26)22-34(3,30)31/h4-8,14,20,22,25H,9H2,1-3H3,(H,21,27)/t14-/m0/s1. The van der Waals surface area contributed by atoms with Gasteiger partial charge in [0.15, 0.2) is 11.5 Å². The number of benzene rings is 2. The maximum atomic E-state index is 12.8. The molecule has 0 amide bonds. The molecule has 182 valence electrons. The average Bonchev–Trinajstić information content (AvgIpc) is 2.78. The highest BCUT2D eigenvalue weighted by atomic mass is 32.2. The number of hydrogen-bond donors (Lipinski definition) is 4. The van der Waals surface area contributed by atoms with Crippen LogP contribution in [0, 0.1) is 10.1 Å². The Morgan fingerprint density at radius 1 is 1.18 bits per heavy atom. The SMILES string of the molecule is COc1ccc([C@H](CO)Nc2cc3c(=O)n(NS(C)(=O)=O)c(=O)[nH]c3cc2[N+](=O)[O-])cc1OC. The Bertz CT molecular complexity index is 1480. The molecule has 0 radical (unpaired) electrons. The van der Waals surface area contributed by atoms with E-state index in [0.29, 0.717) is 17.1 Å². The fraction of sp³-hybridized carbons (Fsp3) is 0.263. The van der Waals surface area contributed by atoms with Crippen molar-refractivity contribution >= 4 is 32.3 Å². The highest BCUT2D eigenvalue weighted by molar-refractivity contribution is 7.91. The summed E-state index contributed by atoms with van der Waals surface area (Å²) in [7, 11) is -1.10. The summed E-state index contributed by atoms with van der Waals surface area (Å²) in [5.74, 6) is 0.795. The molecule has 0 bridgehead atoms. The Morgan fingerprint density at radius 3 is 2.41 bits per heavy atom. The summed E-state index contributed by atoms with van der Waals surface area (Å²) in [6.45, 7) is -0.490. The molecule has 34 heavy (non-hydrogen) atoms. The van der Waals surface area contributed by atoms with Crippen LogP contribution in [-0.4, -0.2) is 55.2 Å². The second kappa shape index (κ2) is 9.40. The third kappa shape index (κ3) is 4.94. The van der Waals surface area contributed by atoms with Crippen LogP contribution in [0.25, 0.3) is 10.9 Å². The molecule has 0 aliphatic carbocycles. The topological polar surface area (TPSA) is 195 Å². The number of methoxy groups -OCH3 is 2. The summed E-state index contributed by atoms with van der Waals surface area (Å²) in [5, 5.41) is 24.2. The lowest BCUT2D eigenvalue weighted by Crippen LogP contribution is -2.43. The van der Waals surface area contributed by atoms with Crippen LogP contribution < -0.4 is 30.9 Å². The Morgan fingerprint density at radius 2 is 1.85 bits per heavy atom. The largest absolute Gasteiger partial charge is 0.493 e. The highest BCUT2D eigenvalue weighted by Gasteiger charge is 2.23. The van der Waals surface area contributed by atoms with Crippen LogP contribution in [0.15, 0.2) is 39.9 Å². The van der Waals surface area contributed by atoms with Crippen molar-refractivity contribution in [3.05, 3.63) is 66.8 Å². The van der Waals surface area contributed by atoms with Crippen molar-refractivity contribution in [2.24, 2.45) is 0 Å². The zero-order chi connectivity index (χ0) is 25.2. The number of aliphatic hydroxyl groups excluding tert-OH is 1. The third-order valence-corrected chi connectivity index (χ3v) is 5.30. The van der Waals surface area contributed by atoms with Gasteiger partial charge in [-0.05, 0) is 23.8 Å². The molecule has 3 rings (SSSR count). The van der Waals surface area contributed by atoms with Crippen LogP contribution in [0.3, 0.4) is 0 Å². The molecule has 0 unspecified atom stereocenters. The van der Waals surface area contributed by atoms with E-state index in [1.807, 2.05) is 0 Å². The van der Waals surface area contributed by atoms with Gasteiger partial charge < -0.3 is 24.9 Å². The summed E-state index contributed by atoms with van der Waals surface area (Å²) in [6.07, 6.45) is 0.751. The van der Waals surface area contributed by atoms with Gasteiger partial charge in [-0.3, -0.25) is 14.9 Å². The molecule has 4 N–H and O–H groups in total. The third-order valence-electron chi connectivity index (χ3n) is 4.79. The van der Waals surface area contributed by atoms with E-state index >= 15 is 0 Å². The number of aromatic nitrogens is 2. The average molecular weight is 495 g/mol. The van der Waals surface area contributed by atoms with E-state index in [0.717, 1.165) is 18.4 Å². The number of nitro groups is 1.